The summed E-state index contributed by atoms with van der Waals surface area (Å²) in [5.74, 6) is 0. The van der Waals surface area contributed by atoms with Crippen molar-refractivity contribution in [3.05, 3.63) is 46.5 Å². The van der Waals surface area contributed by atoms with Crippen molar-refractivity contribution in [2.75, 3.05) is 6.54 Å². The van der Waals surface area contributed by atoms with Gasteiger partial charge in [0.2, 0.25) is 0 Å². The van der Waals surface area contributed by atoms with E-state index >= 15 is 0 Å². The van der Waals surface area contributed by atoms with Crippen LogP contribution in [0.1, 0.15) is 43.4 Å². The summed E-state index contributed by atoms with van der Waals surface area (Å²) in [7, 11) is 0. The molecular weight excluding hydrogens is 274 g/mol. The molecule has 0 heterocycles. The van der Waals surface area contributed by atoms with Crippen molar-refractivity contribution in [3.63, 3.8) is 0 Å². The maximum absolute atomic E-state index is 3.80. The molecule has 0 bridgehead atoms. The summed E-state index contributed by atoms with van der Waals surface area (Å²) < 4.78 is 1.16. The van der Waals surface area contributed by atoms with Gasteiger partial charge in [0, 0.05) is 10.5 Å². The minimum absolute atomic E-state index is 0.434. The van der Waals surface area contributed by atoms with Gasteiger partial charge in [0.25, 0.3) is 0 Å². The van der Waals surface area contributed by atoms with Crippen molar-refractivity contribution < 1.29 is 0 Å². The van der Waals surface area contributed by atoms with Crippen molar-refractivity contribution in [3.8, 4) is 0 Å². The third-order valence-corrected chi connectivity index (χ3v) is 3.22. The zero-order valence-corrected chi connectivity index (χ0v) is 12.4. The molecule has 0 radical (unpaired) electrons. The lowest BCUT2D eigenvalue weighted by Gasteiger charge is -2.19. The van der Waals surface area contributed by atoms with E-state index in [1.807, 2.05) is 6.08 Å². The highest BCUT2D eigenvalue weighted by Crippen LogP contribution is 2.24. The molecule has 0 aliphatic carbocycles. The van der Waals surface area contributed by atoms with Crippen LogP contribution in [-0.2, 0) is 0 Å². The van der Waals surface area contributed by atoms with Gasteiger partial charge in [-0.25, -0.2) is 0 Å². The van der Waals surface area contributed by atoms with E-state index < -0.39 is 0 Å². The van der Waals surface area contributed by atoms with Gasteiger partial charge >= 0.3 is 0 Å². The number of nitrogens with one attached hydrogen (secondary N) is 1. The van der Waals surface area contributed by atoms with Crippen LogP contribution in [0.4, 0.5) is 0 Å². The topological polar surface area (TPSA) is 12.0 Å². The maximum atomic E-state index is 3.80. The Morgan fingerprint density at radius 2 is 2.18 bits per heavy atom. The van der Waals surface area contributed by atoms with Crippen molar-refractivity contribution >= 4 is 15.9 Å². The summed E-state index contributed by atoms with van der Waals surface area (Å²) >= 11 is 3.57. The van der Waals surface area contributed by atoms with Crippen LogP contribution >= 0.6 is 15.9 Å². The highest BCUT2D eigenvalue weighted by molar-refractivity contribution is 9.10. The van der Waals surface area contributed by atoms with Gasteiger partial charge in [0.15, 0.2) is 0 Å². The number of hydrogen-bond donors (Lipinski definition) is 1. The normalized spacial score (nSPS) is 12.4. The number of hydrogen-bond acceptors (Lipinski definition) is 1. The summed E-state index contributed by atoms with van der Waals surface area (Å²) in [6.45, 7) is 9.20. The van der Waals surface area contributed by atoms with Gasteiger partial charge in [0.1, 0.15) is 0 Å². The molecule has 94 valence electrons. The molecule has 0 saturated heterocycles. The Morgan fingerprint density at radius 1 is 1.41 bits per heavy atom. The van der Waals surface area contributed by atoms with Crippen molar-refractivity contribution in [2.45, 2.75) is 39.2 Å². The first kappa shape index (κ1) is 14.5. The quantitative estimate of drug-likeness (QED) is 0.715. The van der Waals surface area contributed by atoms with Gasteiger partial charge in [-0.2, -0.15) is 0 Å². The van der Waals surface area contributed by atoms with Gasteiger partial charge in [0.05, 0.1) is 0 Å². The largest absolute Gasteiger partial charge is 0.310 e. The molecule has 0 spiro atoms. The molecule has 1 aromatic rings. The summed E-state index contributed by atoms with van der Waals surface area (Å²) in [6, 6.07) is 7.06. The molecule has 0 amide bonds. The fourth-order valence-electron chi connectivity index (χ4n) is 1.96. The lowest BCUT2D eigenvalue weighted by molar-refractivity contribution is 0.502. The van der Waals surface area contributed by atoms with Gasteiger partial charge in [-0.05, 0) is 56.0 Å². The van der Waals surface area contributed by atoms with Gasteiger partial charge in [-0.3, -0.25) is 0 Å². The molecule has 0 aromatic heterocycles. The van der Waals surface area contributed by atoms with E-state index in [9.17, 15) is 0 Å². The zero-order chi connectivity index (χ0) is 12.7. The highest BCUT2D eigenvalue weighted by Gasteiger charge is 2.10. The number of aryl methyl sites for hydroxylation is 1. The van der Waals surface area contributed by atoms with Crippen LogP contribution in [0.3, 0.4) is 0 Å². The summed E-state index contributed by atoms with van der Waals surface area (Å²) in [6.07, 6.45) is 5.31. The molecule has 1 N–H and O–H groups in total. The van der Waals surface area contributed by atoms with E-state index in [1.165, 1.54) is 11.1 Å². The molecule has 1 rings (SSSR count). The predicted octanol–water partition coefficient (Wildman–Crippen LogP) is 4.76. The molecule has 17 heavy (non-hydrogen) atoms. The van der Waals surface area contributed by atoms with E-state index in [2.05, 4.69) is 59.9 Å². The number of allylic oxidation sites excluding steroid dienone is 1. The van der Waals surface area contributed by atoms with Crippen LogP contribution in [0.15, 0.2) is 35.3 Å². The summed E-state index contributed by atoms with van der Waals surface area (Å²) in [5.41, 5.74) is 2.67. The fourth-order valence-corrected chi connectivity index (χ4v) is 2.58. The minimum Gasteiger partial charge on any atom is -0.310 e. The molecule has 1 atom stereocenters. The standard InChI is InChI=1S/C15H22BrN/c1-4-6-7-15(17-8-5-2)13-9-12(3)10-14(16)11-13/h4,9-11,15,17H,1,5-8H2,2-3H3. The molecular formula is C15H22BrN. The van der Waals surface area contributed by atoms with Gasteiger partial charge in [-0.15, -0.1) is 6.58 Å². The second-order valence-corrected chi connectivity index (χ2v) is 5.35. The Morgan fingerprint density at radius 3 is 2.76 bits per heavy atom. The molecule has 0 aliphatic heterocycles. The smallest absolute Gasteiger partial charge is 0.0323 e. The summed E-state index contributed by atoms with van der Waals surface area (Å²) in [4.78, 5) is 0. The van der Waals surface area contributed by atoms with Gasteiger partial charge < -0.3 is 5.32 Å². The molecule has 1 aromatic carbocycles. The zero-order valence-electron chi connectivity index (χ0n) is 10.8. The number of benzene rings is 1. The van der Waals surface area contributed by atoms with Crippen molar-refractivity contribution in [1.29, 1.82) is 0 Å². The monoisotopic (exact) mass is 295 g/mol. The third kappa shape index (κ3) is 5.05. The second kappa shape index (κ2) is 7.67. The number of rotatable bonds is 7. The Hall–Kier alpha value is -0.600. The molecule has 0 saturated carbocycles. The molecule has 1 nitrogen and oxygen atoms in total. The molecule has 0 aliphatic rings. The van der Waals surface area contributed by atoms with Gasteiger partial charge in [-0.1, -0.05) is 35.0 Å². The SMILES string of the molecule is C=CCCC(NCCC)c1cc(C)cc(Br)c1. The lowest BCUT2D eigenvalue weighted by Crippen LogP contribution is -2.22. The third-order valence-electron chi connectivity index (χ3n) is 2.77. The molecule has 1 unspecified atom stereocenters. The highest BCUT2D eigenvalue weighted by atomic mass is 79.9. The van der Waals surface area contributed by atoms with Crippen LogP contribution < -0.4 is 5.32 Å². The molecule has 2 heteroatoms. The minimum atomic E-state index is 0.434. The van der Waals surface area contributed by atoms with Crippen LogP contribution in [0.2, 0.25) is 0 Å². The maximum Gasteiger partial charge on any atom is 0.0323 e. The molecule has 0 fully saturated rings. The summed E-state index contributed by atoms with van der Waals surface area (Å²) in [5, 5.41) is 3.61. The van der Waals surface area contributed by atoms with Crippen LogP contribution in [0.5, 0.6) is 0 Å². The first-order valence-electron chi connectivity index (χ1n) is 6.28. The Balaban J connectivity index is 2.82. The van der Waals surface area contributed by atoms with E-state index in [-0.39, 0.29) is 0 Å². The fraction of sp³-hybridized carbons (Fsp3) is 0.467. The van der Waals surface area contributed by atoms with Crippen LogP contribution in [-0.4, -0.2) is 6.54 Å². The van der Waals surface area contributed by atoms with E-state index in [0.717, 1.165) is 30.3 Å². The average Bonchev–Trinajstić information content (AvgIpc) is 2.28. The first-order valence-corrected chi connectivity index (χ1v) is 7.08. The average molecular weight is 296 g/mol. The Bertz CT molecular complexity index is 340. The number of halogens is 1. The van der Waals surface area contributed by atoms with Crippen molar-refractivity contribution in [1.82, 2.24) is 5.32 Å². The van der Waals surface area contributed by atoms with Crippen LogP contribution in [0, 0.1) is 6.92 Å². The van der Waals surface area contributed by atoms with Crippen molar-refractivity contribution in [2.24, 2.45) is 0 Å². The second-order valence-electron chi connectivity index (χ2n) is 4.43. The van der Waals surface area contributed by atoms with E-state index in [1.54, 1.807) is 0 Å². The van der Waals surface area contributed by atoms with Crippen LogP contribution in [0.25, 0.3) is 0 Å². The first-order chi connectivity index (χ1) is 8.17. The predicted molar refractivity (Wildman–Crippen MR) is 79.3 cm³/mol. The Labute approximate surface area is 113 Å². The van der Waals surface area contributed by atoms with E-state index in [4.69, 9.17) is 0 Å². The van der Waals surface area contributed by atoms with E-state index in [0.29, 0.717) is 6.04 Å². The Kier molecular flexibility index (Phi) is 6.53. The lowest BCUT2D eigenvalue weighted by atomic mass is 10.00.